The number of halogens is 1. The van der Waals surface area contributed by atoms with E-state index in [9.17, 15) is 17.6 Å². The zero-order valence-electron chi connectivity index (χ0n) is 17.0. The molecule has 0 radical (unpaired) electrons. The number of aryl methyl sites for hydroxylation is 2. The van der Waals surface area contributed by atoms with Crippen LogP contribution >= 0.6 is 0 Å². The molecule has 0 saturated carbocycles. The monoisotopic (exact) mass is 430 g/mol. The van der Waals surface area contributed by atoms with E-state index in [0.29, 0.717) is 32.5 Å². The van der Waals surface area contributed by atoms with Crippen LogP contribution in [0.15, 0.2) is 47.4 Å². The molecule has 5 nitrogen and oxygen atoms in total. The van der Waals surface area contributed by atoms with Gasteiger partial charge in [0.15, 0.2) is 0 Å². The molecule has 1 amide bonds. The number of fused-ring (bicyclic) bond motifs is 1. The van der Waals surface area contributed by atoms with Crippen LogP contribution in [0.1, 0.15) is 36.0 Å². The summed E-state index contributed by atoms with van der Waals surface area (Å²) in [6.07, 6.45) is 5.56. The third kappa shape index (κ3) is 4.57. The summed E-state index contributed by atoms with van der Waals surface area (Å²) in [6.45, 7) is 1.50. The molecule has 0 bridgehead atoms. The molecule has 7 heteroatoms. The molecule has 2 aromatic carbocycles. The summed E-state index contributed by atoms with van der Waals surface area (Å²) in [4.78, 5) is 14.7. The first kappa shape index (κ1) is 21.0. The summed E-state index contributed by atoms with van der Waals surface area (Å²) < 4.78 is 40.2. The number of carbonyl (C=O) groups excluding carboxylic acids is 1. The largest absolute Gasteiger partial charge is 0.341 e. The van der Waals surface area contributed by atoms with Gasteiger partial charge in [0.2, 0.25) is 15.9 Å². The third-order valence-electron chi connectivity index (χ3n) is 6.03. The van der Waals surface area contributed by atoms with Crippen molar-refractivity contribution in [3.05, 3.63) is 65.0 Å². The highest BCUT2D eigenvalue weighted by Gasteiger charge is 2.28. The summed E-state index contributed by atoms with van der Waals surface area (Å²) in [6, 6.07) is 11.2. The van der Waals surface area contributed by atoms with Crippen LogP contribution in [-0.2, 0) is 34.1 Å². The minimum Gasteiger partial charge on any atom is -0.341 e. The van der Waals surface area contributed by atoms with Crippen LogP contribution in [-0.4, -0.2) is 49.7 Å². The average Bonchev–Trinajstić information content (AvgIpc) is 3.01. The summed E-state index contributed by atoms with van der Waals surface area (Å²) in [5.41, 5.74) is 3.79. The van der Waals surface area contributed by atoms with E-state index in [0.717, 1.165) is 30.5 Å². The molecule has 1 fully saturated rings. The molecule has 0 atom stereocenters. The fourth-order valence-corrected chi connectivity index (χ4v) is 5.79. The smallest absolute Gasteiger partial charge is 0.243 e. The first-order valence-electron chi connectivity index (χ1n) is 10.6. The van der Waals surface area contributed by atoms with Crippen LogP contribution in [0.25, 0.3) is 0 Å². The van der Waals surface area contributed by atoms with Crippen molar-refractivity contribution in [2.24, 2.45) is 0 Å². The Kier molecular flexibility index (Phi) is 6.20. The average molecular weight is 431 g/mol. The minimum atomic E-state index is -3.69. The molecule has 1 aliphatic carbocycles. The molecular formula is C23H27FN2O3S. The van der Waals surface area contributed by atoms with E-state index in [2.05, 4.69) is 12.1 Å². The maximum absolute atomic E-state index is 13.1. The Hall–Kier alpha value is -2.25. The summed E-state index contributed by atoms with van der Waals surface area (Å²) >= 11 is 0. The van der Waals surface area contributed by atoms with E-state index in [-0.39, 0.29) is 17.3 Å². The first-order valence-corrected chi connectivity index (χ1v) is 12.0. The van der Waals surface area contributed by atoms with Crippen LogP contribution < -0.4 is 0 Å². The number of benzene rings is 2. The first-order chi connectivity index (χ1) is 14.4. The number of hydrogen-bond acceptors (Lipinski definition) is 3. The van der Waals surface area contributed by atoms with Crippen molar-refractivity contribution in [1.82, 2.24) is 9.21 Å². The van der Waals surface area contributed by atoms with Crippen molar-refractivity contribution < 1.29 is 17.6 Å². The fourth-order valence-electron chi connectivity index (χ4n) is 4.32. The van der Waals surface area contributed by atoms with Crippen LogP contribution in [0, 0.1) is 5.82 Å². The number of rotatable bonds is 4. The molecule has 0 aromatic heterocycles. The Morgan fingerprint density at radius 1 is 0.867 bits per heavy atom. The quantitative estimate of drug-likeness (QED) is 0.749. The van der Waals surface area contributed by atoms with E-state index in [1.807, 2.05) is 6.07 Å². The normalized spacial score (nSPS) is 18.0. The molecule has 4 rings (SSSR count). The molecule has 1 saturated heterocycles. The van der Waals surface area contributed by atoms with Gasteiger partial charge in [0.1, 0.15) is 5.82 Å². The SMILES string of the molecule is O=C(Cc1ccc2c(c1)CCCC2)N1CCCN(S(=O)(=O)c2ccc(F)cc2)CC1. The highest BCUT2D eigenvalue weighted by Crippen LogP contribution is 2.23. The van der Waals surface area contributed by atoms with E-state index in [1.54, 1.807) is 4.90 Å². The van der Waals surface area contributed by atoms with Gasteiger partial charge in [-0.1, -0.05) is 18.2 Å². The van der Waals surface area contributed by atoms with Crippen molar-refractivity contribution in [2.45, 2.75) is 43.4 Å². The highest BCUT2D eigenvalue weighted by atomic mass is 32.2. The molecule has 2 aliphatic rings. The molecule has 0 N–H and O–H groups in total. The van der Waals surface area contributed by atoms with Crippen molar-refractivity contribution in [3.8, 4) is 0 Å². The molecule has 1 aliphatic heterocycles. The molecule has 0 unspecified atom stereocenters. The number of sulfonamides is 1. The van der Waals surface area contributed by atoms with Crippen molar-refractivity contribution >= 4 is 15.9 Å². The zero-order valence-corrected chi connectivity index (χ0v) is 17.8. The van der Waals surface area contributed by atoms with Crippen LogP contribution in [0.3, 0.4) is 0 Å². The second kappa shape index (κ2) is 8.86. The Morgan fingerprint density at radius 3 is 2.37 bits per heavy atom. The Bertz CT molecular complexity index is 1020. The standard InChI is InChI=1S/C23H27FN2O3S/c24-21-8-10-22(11-9-21)30(28,29)26-13-3-12-25(14-15-26)23(27)17-18-6-7-19-4-1-2-5-20(19)16-18/h6-11,16H,1-5,12-15,17H2. The van der Waals surface area contributed by atoms with Gasteiger partial charge in [0.25, 0.3) is 0 Å². The van der Waals surface area contributed by atoms with E-state index >= 15 is 0 Å². The summed E-state index contributed by atoms with van der Waals surface area (Å²) in [5, 5.41) is 0. The maximum atomic E-state index is 13.1. The van der Waals surface area contributed by atoms with Gasteiger partial charge in [-0.2, -0.15) is 4.31 Å². The van der Waals surface area contributed by atoms with Gasteiger partial charge in [0, 0.05) is 26.2 Å². The predicted octanol–water partition coefficient (Wildman–Crippen LogP) is 3.17. The summed E-state index contributed by atoms with van der Waals surface area (Å²) in [7, 11) is -3.69. The van der Waals surface area contributed by atoms with Gasteiger partial charge in [-0.25, -0.2) is 12.8 Å². The van der Waals surface area contributed by atoms with Gasteiger partial charge in [-0.15, -0.1) is 0 Å². The molecule has 160 valence electrons. The maximum Gasteiger partial charge on any atom is 0.243 e. The third-order valence-corrected chi connectivity index (χ3v) is 7.94. The van der Waals surface area contributed by atoms with Crippen LogP contribution in [0.5, 0.6) is 0 Å². The minimum absolute atomic E-state index is 0.0341. The van der Waals surface area contributed by atoms with Gasteiger partial charge in [-0.05, 0) is 73.1 Å². The Balaban J connectivity index is 1.40. The van der Waals surface area contributed by atoms with Crippen molar-refractivity contribution in [1.29, 1.82) is 0 Å². The van der Waals surface area contributed by atoms with Crippen LogP contribution in [0.2, 0.25) is 0 Å². The molecule has 2 aromatic rings. The Labute approximate surface area is 177 Å². The topological polar surface area (TPSA) is 57.7 Å². The number of carbonyl (C=O) groups is 1. The van der Waals surface area contributed by atoms with Gasteiger partial charge in [-0.3, -0.25) is 4.79 Å². The zero-order chi connectivity index (χ0) is 21.1. The predicted molar refractivity (Wildman–Crippen MR) is 113 cm³/mol. The number of nitrogens with zero attached hydrogens (tertiary/aromatic N) is 2. The van der Waals surface area contributed by atoms with Gasteiger partial charge < -0.3 is 4.90 Å². The lowest BCUT2D eigenvalue weighted by molar-refractivity contribution is -0.130. The molecule has 1 heterocycles. The highest BCUT2D eigenvalue weighted by molar-refractivity contribution is 7.89. The van der Waals surface area contributed by atoms with Crippen LogP contribution in [0.4, 0.5) is 4.39 Å². The van der Waals surface area contributed by atoms with Gasteiger partial charge in [0.05, 0.1) is 11.3 Å². The fraction of sp³-hybridized carbons (Fsp3) is 0.435. The second-order valence-corrected chi connectivity index (χ2v) is 10.0. The Morgan fingerprint density at radius 2 is 1.60 bits per heavy atom. The second-order valence-electron chi connectivity index (χ2n) is 8.08. The molecule has 30 heavy (non-hydrogen) atoms. The molecular weight excluding hydrogens is 403 g/mol. The van der Waals surface area contributed by atoms with Crippen molar-refractivity contribution in [3.63, 3.8) is 0 Å². The van der Waals surface area contributed by atoms with Gasteiger partial charge >= 0.3 is 0 Å². The summed E-state index contributed by atoms with van der Waals surface area (Å²) in [5.74, 6) is -0.435. The molecule has 0 spiro atoms. The van der Waals surface area contributed by atoms with E-state index < -0.39 is 15.8 Å². The van der Waals surface area contributed by atoms with E-state index in [4.69, 9.17) is 0 Å². The number of amides is 1. The lowest BCUT2D eigenvalue weighted by Gasteiger charge is -2.22. The van der Waals surface area contributed by atoms with Crippen molar-refractivity contribution in [2.75, 3.05) is 26.2 Å². The lowest BCUT2D eigenvalue weighted by Crippen LogP contribution is -2.38. The number of hydrogen-bond donors (Lipinski definition) is 0. The lowest BCUT2D eigenvalue weighted by atomic mass is 9.90. The van der Waals surface area contributed by atoms with E-state index in [1.165, 1.54) is 40.4 Å².